The highest BCUT2D eigenvalue weighted by molar-refractivity contribution is 5.67. The van der Waals surface area contributed by atoms with E-state index in [9.17, 15) is 20.4 Å². The molecule has 0 aliphatic rings. The van der Waals surface area contributed by atoms with Gasteiger partial charge in [-0.1, -0.05) is 72.8 Å². The Hall–Kier alpha value is -6.28. The van der Waals surface area contributed by atoms with Crippen molar-refractivity contribution in [2.45, 2.75) is 11.8 Å². The summed E-state index contributed by atoms with van der Waals surface area (Å²) in [6.07, 6.45) is 0. The summed E-state index contributed by atoms with van der Waals surface area (Å²) in [6, 6.07) is 35.6. The van der Waals surface area contributed by atoms with E-state index in [-0.39, 0.29) is 23.0 Å². The van der Waals surface area contributed by atoms with E-state index < -0.39 is 11.8 Å². The first-order chi connectivity index (χ1) is 22.1. The van der Waals surface area contributed by atoms with Crippen molar-refractivity contribution in [3.63, 3.8) is 0 Å². The molecule has 6 aromatic rings. The molecule has 0 bridgehead atoms. The highest BCUT2D eigenvalue weighted by Crippen LogP contribution is 2.44. The molecule has 0 atom stereocenters. The SMILES string of the molecule is Nc1ccc(C(c2ccc(-c3ccc(C(c4ccc(N)cc4O)c4ccc(N)cc4O)cc3)cc2)c2ccc(N)cc2O)c(O)c1. The number of hydrogen-bond donors (Lipinski definition) is 8. The summed E-state index contributed by atoms with van der Waals surface area (Å²) in [5, 5.41) is 43.3. The van der Waals surface area contributed by atoms with Gasteiger partial charge in [-0.05, 0) is 46.5 Å². The molecular formula is C38H34N4O4. The fourth-order valence-electron chi connectivity index (χ4n) is 6.01. The zero-order valence-corrected chi connectivity index (χ0v) is 24.8. The maximum Gasteiger partial charge on any atom is 0.121 e. The minimum absolute atomic E-state index is 0.0229. The third-order valence-corrected chi connectivity index (χ3v) is 8.28. The largest absolute Gasteiger partial charge is 0.508 e. The van der Waals surface area contributed by atoms with Crippen molar-refractivity contribution in [2.24, 2.45) is 0 Å². The number of rotatable bonds is 7. The summed E-state index contributed by atoms with van der Waals surface area (Å²) in [4.78, 5) is 0. The highest BCUT2D eigenvalue weighted by atomic mass is 16.3. The van der Waals surface area contributed by atoms with Crippen LogP contribution in [0.15, 0.2) is 121 Å². The summed E-state index contributed by atoms with van der Waals surface area (Å²) in [6.45, 7) is 0. The van der Waals surface area contributed by atoms with E-state index in [0.29, 0.717) is 45.0 Å². The van der Waals surface area contributed by atoms with Gasteiger partial charge in [-0.25, -0.2) is 0 Å². The smallest absolute Gasteiger partial charge is 0.121 e. The third-order valence-electron chi connectivity index (χ3n) is 8.28. The molecule has 0 aromatic heterocycles. The number of phenolic OH excluding ortho intramolecular Hbond substituents is 4. The Morgan fingerprint density at radius 3 is 0.783 bits per heavy atom. The van der Waals surface area contributed by atoms with Gasteiger partial charge in [0.05, 0.1) is 0 Å². The first-order valence-electron chi connectivity index (χ1n) is 14.6. The average molecular weight is 611 g/mol. The fourth-order valence-corrected chi connectivity index (χ4v) is 6.01. The van der Waals surface area contributed by atoms with Crippen LogP contribution < -0.4 is 22.9 Å². The average Bonchev–Trinajstić information content (AvgIpc) is 3.02. The summed E-state index contributed by atoms with van der Waals surface area (Å²) in [5.74, 6) is -0.883. The van der Waals surface area contributed by atoms with Crippen molar-refractivity contribution in [3.8, 4) is 34.1 Å². The van der Waals surface area contributed by atoms with E-state index in [1.807, 2.05) is 48.5 Å². The molecule has 46 heavy (non-hydrogen) atoms. The van der Waals surface area contributed by atoms with Gasteiger partial charge in [0.1, 0.15) is 23.0 Å². The number of benzene rings is 6. The third kappa shape index (κ3) is 5.79. The van der Waals surface area contributed by atoms with Crippen LogP contribution in [0.25, 0.3) is 11.1 Å². The van der Waals surface area contributed by atoms with Gasteiger partial charge in [0.2, 0.25) is 0 Å². The molecule has 0 saturated heterocycles. The van der Waals surface area contributed by atoms with Crippen molar-refractivity contribution in [2.75, 3.05) is 22.9 Å². The fraction of sp³-hybridized carbons (Fsp3) is 0.0526. The first-order valence-corrected chi connectivity index (χ1v) is 14.6. The molecule has 12 N–H and O–H groups in total. The van der Waals surface area contributed by atoms with Gasteiger partial charge in [-0.2, -0.15) is 0 Å². The van der Waals surface area contributed by atoms with Crippen molar-refractivity contribution >= 4 is 22.7 Å². The number of phenols is 4. The summed E-state index contributed by atoms with van der Waals surface area (Å²) >= 11 is 0. The van der Waals surface area contributed by atoms with Crippen LogP contribution in [0.1, 0.15) is 45.2 Å². The van der Waals surface area contributed by atoms with E-state index in [4.69, 9.17) is 22.9 Å². The first kappa shape index (κ1) is 29.8. The summed E-state index contributed by atoms with van der Waals surface area (Å²) in [5.41, 5.74) is 31.3. The molecule has 0 unspecified atom stereocenters. The maximum atomic E-state index is 10.8. The standard InChI is InChI=1S/C38H34N4O4/c39-25-9-13-29(33(43)17-25)37(30-14-10-26(40)18-34(30)44)23-5-1-21(2-6-23)22-3-7-24(8-4-22)38(31-15-11-27(41)19-35(31)45)32-16-12-28(42)20-36(32)46/h1-20,37-38,43-46H,39-42H2. The van der Waals surface area contributed by atoms with Crippen LogP contribution in [-0.4, -0.2) is 20.4 Å². The second-order valence-electron chi connectivity index (χ2n) is 11.4. The van der Waals surface area contributed by atoms with Gasteiger partial charge in [-0.15, -0.1) is 0 Å². The minimum Gasteiger partial charge on any atom is -0.508 e. The predicted molar refractivity (Wildman–Crippen MR) is 184 cm³/mol. The molecule has 8 heteroatoms. The van der Waals surface area contributed by atoms with Crippen molar-refractivity contribution in [1.29, 1.82) is 0 Å². The number of anilines is 4. The minimum atomic E-state index is -0.487. The lowest BCUT2D eigenvalue weighted by Gasteiger charge is -2.22. The molecule has 0 fully saturated rings. The van der Waals surface area contributed by atoms with Crippen LogP contribution >= 0.6 is 0 Å². The number of aromatic hydroxyl groups is 4. The molecule has 0 aliphatic carbocycles. The normalized spacial score (nSPS) is 11.3. The molecule has 0 heterocycles. The molecule has 230 valence electrons. The second-order valence-corrected chi connectivity index (χ2v) is 11.4. The highest BCUT2D eigenvalue weighted by Gasteiger charge is 2.25. The molecule has 0 radical (unpaired) electrons. The van der Waals surface area contributed by atoms with Gasteiger partial charge in [0.25, 0.3) is 0 Å². The van der Waals surface area contributed by atoms with Gasteiger partial charge < -0.3 is 43.4 Å². The molecule has 6 aromatic carbocycles. The van der Waals surface area contributed by atoms with E-state index in [0.717, 1.165) is 22.3 Å². The zero-order chi connectivity index (χ0) is 32.5. The Morgan fingerprint density at radius 2 is 0.565 bits per heavy atom. The molecule has 6 rings (SSSR count). The van der Waals surface area contributed by atoms with Crippen LogP contribution in [0.2, 0.25) is 0 Å². The second kappa shape index (κ2) is 12.0. The molecule has 8 nitrogen and oxygen atoms in total. The van der Waals surface area contributed by atoms with E-state index in [2.05, 4.69) is 0 Å². The van der Waals surface area contributed by atoms with E-state index in [1.54, 1.807) is 48.5 Å². The van der Waals surface area contributed by atoms with Gasteiger partial charge in [0.15, 0.2) is 0 Å². The van der Waals surface area contributed by atoms with Crippen molar-refractivity contribution in [1.82, 2.24) is 0 Å². The van der Waals surface area contributed by atoms with Crippen molar-refractivity contribution in [3.05, 3.63) is 155 Å². The summed E-state index contributed by atoms with van der Waals surface area (Å²) in [7, 11) is 0. The van der Waals surface area contributed by atoms with E-state index in [1.165, 1.54) is 24.3 Å². The maximum absolute atomic E-state index is 10.8. The topological polar surface area (TPSA) is 185 Å². The molecule has 0 aliphatic heterocycles. The lowest BCUT2D eigenvalue weighted by molar-refractivity contribution is 0.458. The quantitative estimate of drug-likeness (QED) is 0.0711. The lowest BCUT2D eigenvalue weighted by atomic mass is 9.82. The van der Waals surface area contributed by atoms with Crippen LogP contribution in [0.3, 0.4) is 0 Å². The molecule has 0 saturated carbocycles. The number of nitrogens with two attached hydrogens (primary N) is 4. The molecule has 0 spiro atoms. The zero-order valence-electron chi connectivity index (χ0n) is 24.8. The number of hydrogen-bond acceptors (Lipinski definition) is 8. The monoisotopic (exact) mass is 610 g/mol. The molecule has 0 amide bonds. The van der Waals surface area contributed by atoms with E-state index >= 15 is 0 Å². The Balaban J connectivity index is 1.37. The Labute approximate surface area is 266 Å². The van der Waals surface area contributed by atoms with Gasteiger partial charge in [0, 0.05) is 81.1 Å². The summed E-state index contributed by atoms with van der Waals surface area (Å²) < 4.78 is 0. The van der Waals surface area contributed by atoms with Crippen molar-refractivity contribution < 1.29 is 20.4 Å². The Morgan fingerprint density at radius 1 is 0.326 bits per heavy atom. The Bertz CT molecular complexity index is 1790. The lowest BCUT2D eigenvalue weighted by Crippen LogP contribution is -2.05. The Kier molecular flexibility index (Phi) is 7.78. The van der Waals surface area contributed by atoms with Crippen LogP contribution in [0, 0.1) is 0 Å². The van der Waals surface area contributed by atoms with Gasteiger partial charge in [-0.3, -0.25) is 0 Å². The van der Waals surface area contributed by atoms with Crippen LogP contribution in [0.4, 0.5) is 22.7 Å². The number of nitrogen functional groups attached to an aromatic ring is 4. The van der Waals surface area contributed by atoms with Crippen LogP contribution in [0.5, 0.6) is 23.0 Å². The molecular weight excluding hydrogens is 576 g/mol. The predicted octanol–water partition coefficient (Wildman–Crippen LogP) is 6.87. The van der Waals surface area contributed by atoms with Gasteiger partial charge >= 0.3 is 0 Å². The van der Waals surface area contributed by atoms with Crippen LogP contribution in [-0.2, 0) is 0 Å².